The van der Waals surface area contributed by atoms with Gasteiger partial charge in [0.1, 0.15) is 17.1 Å². The van der Waals surface area contributed by atoms with E-state index in [0.717, 1.165) is 0 Å². The first-order chi connectivity index (χ1) is 10.1. The zero-order valence-corrected chi connectivity index (χ0v) is 12.9. The number of rotatable bonds is 4. The van der Waals surface area contributed by atoms with Crippen molar-refractivity contribution in [2.45, 2.75) is 0 Å². The molecular formula is C15H12Cl2O4. The molecule has 0 amide bonds. The summed E-state index contributed by atoms with van der Waals surface area (Å²) in [5.41, 5.74) is 0.0856. The largest absolute Gasteiger partial charge is 0.497 e. The van der Waals surface area contributed by atoms with Gasteiger partial charge in [0, 0.05) is 0 Å². The van der Waals surface area contributed by atoms with Gasteiger partial charge < -0.3 is 14.2 Å². The first-order valence-electron chi connectivity index (χ1n) is 5.95. The van der Waals surface area contributed by atoms with E-state index < -0.39 is 5.97 Å². The summed E-state index contributed by atoms with van der Waals surface area (Å²) in [6.07, 6.45) is 0. The molecule has 6 heteroatoms. The van der Waals surface area contributed by atoms with Gasteiger partial charge in [0.2, 0.25) is 0 Å². The quantitative estimate of drug-likeness (QED) is 0.623. The monoisotopic (exact) mass is 326 g/mol. The molecule has 0 saturated carbocycles. The van der Waals surface area contributed by atoms with Gasteiger partial charge in [0.05, 0.1) is 24.3 Å². The number of ether oxygens (including phenoxy) is 3. The lowest BCUT2D eigenvalue weighted by Gasteiger charge is -2.11. The van der Waals surface area contributed by atoms with E-state index in [2.05, 4.69) is 0 Å². The highest BCUT2D eigenvalue weighted by atomic mass is 35.5. The van der Waals surface area contributed by atoms with E-state index in [-0.39, 0.29) is 21.4 Å². The van der Waals surface area contributed by atoms with Crippen molar-refractivity contribution in [1.29, 1.82) is 0 Å². The molecule has 0 spiro atoms. The summed E-state index contributed by atoms with van der Waals surface area (Å²) >= 11 is 12.0. The van der Waals surface area contributed by atoms with Gasteiger partial charge in [-0.3, -0.25) is 0 Å². The molecule has 0 unspecified atom stereocenters. The number of carbonyl (C=O) groups is 1. The van der Waals surface area contributed by atoms with Crippen molar-refractivity contribution in [2.75, 3.05) is 14.2 Å². The van der Waals surface area contributed by atoms with Crippen LogP contribution in [-0.2, 0) is 0 Å². The van der Waals surface area contributed by atoms with Gasteiger partial charge in [0.25, 0.3) is 0 Å². The Morgan fingerprint density at radius 3 is 2.00 bits per heavy atom. The van der Waals surface area contributed by atoms with Crippen molar-refractivity contribution in [1.82, 2.24) is 0 Å². The molecule has 21 heavy (non-hydrogen) atoms. The maximum atomic E-state index is 12.2. The predicted molar refractivity (Wildman–Crippen MR) is 81.0 cm³/mol. The summed E-state index contributed by atoms with van der Waals surface area (Å²) < 4.78 is 15.4. The minimum Gasteiger partial charge on any atom is -0.497 e. The molecule has 0 radical (unpaired) electrons. The standard InChI is InChI=1S/C15H12Cl2O4/c1-19-9-3-5-10(6-4-9)21-15(18)13-11(16)7-8-12(17)14(13)20-2/h3-8H,1-2H3. The number of esters is 1. The molecule has 0 aliphatic carbocycles. The number of benzene rings is 2. The van der Waals surface area contributed by atoms with Crippen molar-refractivity contribution in [3.8, 4) is 17.2 Å². The lowest BCUT2D eigenvalue weighted by molar-refractivity contribution is 0.0731. The van der Waals surface area contributed by atoms with Crippen molar-refractivity contribution in [2.24, 2.45) is 0 Å². The van der Waals surface area contributed by atoms with Gasteiger partial charge in [-0.15, -0.1) is 0 Å². The molecule has 2 aromatic rings. The second-order valence-corrected chi connectivity index (χ2v) is 4.82. The van der Waals surface area contributed by atoms with Crippen molar-refractivity contribution in [3.05, 3.63) is 52.0 Å². The number of hydrogen-bond acceptors (Lipinski definition) is 4. The number of carbonyl (C=O) groups excluding carboxylic acids is 1. The van der Waals surface area contributed by atoms with Crippen LogP contribution in [0.5, 0.6) is 17.2 Å². The zero-order valence-electron chi connectivity index (χ0n) is 11.4. The highest BCUT2D eigenvalue weighted by Gasteiger charge is 2.21. The Bertz CT molecular complexity index is 653. The molecule has 0 N–H and O–H groups in total. The van der Waals surface area contributed by atoms with E-state index in [1.807, 2.05) is 0 Å². The Morgan fingerprint density at radius 1 is 0.857 bits per heavy atom. The molecule has 0 saturated heterocycles. The Kier molecular flexibility index (Phi) is 4.94. The Balaban J connectivity index is 2.29. The van der Waals surface area contributed by atoms with E-state index in [1.54, 1.807) is 37.4 Å². The Hall–Kier alpha value is -1.91. The third-order valence-corrected chi connectivity index (χ3v) is 3.35. The van der Waals surface area contributed by atoms with E-state index in [9.17, 15) is 4.79 Å². The third kappa shape index (κ3) is 3.40. The first kappa shape index (κ1) is 15.5. The molecule has 4 nitrogen and oxygen atoms in total. The minimum atomic E-state index is -0.649. The van der Waals surface area contributed by atoms with Crippen LogP contribution in [0.3, 0.4) is 0 Å². The molecule has 0 aromatic heterocycles. The van der Waals surface area contributed by atoms with Gasteiger partial charge in [-0.05, 0) is 36.4 Å². The molecule has 110 valence electrons. The maximum absolute atomic E-state index is 12.2. The molecule has 0 aliphatic rings. The summed E-state index contributed by atoms with van der Waals surface area (Å²) in [5, 5.41) is 0.485. The summed E-state index contributed by atoms with van der Waals surface area (Å²) in [6.45, 7) is 0. The predicted octanol–water partition coefficient (Wildman–Crippen LogP) is 4.23. The van der Waals surface area contributed by atoms with Crippen LogP contribution >= 0.6 is 23.2 Å². The summed E-state index contributed by atoms with van der Waals surface area (Å²) in [6, 6.07) is 9.64. The average Bonchev–Trinajstić information content (AvgIpc) is 2.49. The second kappa shape index (κ2) is 6.70. The average molecular weight is 327 g/mol. The lowest BCUT2D eigenvalue weighted by Crippen LogP contribution is -2.11. The third-order valence-electron chi connectivity index (χ3n) is 2.74. The number of methoxy groups -OCH3 is 2. The van der Waals surface area contributed by atoms with Gasteiger partial charge in [-0.1, -0.05) is 23.2 Å². The topological polar surface area (TPSA) is 44.8 Å². The van der Waals surface area contributed by atoms with Crippen molar-refractivity contribution in [3.63, 3.8) is 0 Å². The SMILES string of the molecule is COc1ccc(OC(=O)c2c(Cl)ccc(Cl)c2OC)cc1. The van der Waals surface area contributed by atoms with Crippen LogP contribution in [0.1, 0.15) is 10.4 Å². The summed E-state index contributed by atoms with van der Waals surface area (Å²) in [5.74, 6) is 0.555. The maximum Gasteiger partial charge on any atom is 0.348 e. The highest BCUT2D eigenvalue weighted by Crippen LogP contribution is 2.34. The lowest BCUT2D eigenvalue weighted by atomic mass is 10.2. The van der Waals surface area contributed by atoms with Gasteiger partial charge in [0.15, 0.2) is 5.75 Å². The second-order valence-electron chi connectivity index (χ2n) is 4.00. The van der Waals surface area contributed by atoms with E-state index >= 15 is 0 Å². The number of hydrogen-bond donors (Lipinski definition) is 0. The van der Waals surface area contributed by atoms with E-state index in [4.69, 9.17) is 37.4 Å². The summed E-state index contributed by atoms with van der Waals surface area (Å²) in [4.78, 5) is 12.2. The first-order valence-corrected chi connectivity index (χ1v) is 6.70. The summed E-state index contributed by atoms with van der Waals surface area (Å²) in [7, 11) is 2.96. The smallest absolute Gasteiger partial charge is 0.348 e. The normalized spacial score (nSPS) is 10.1. The zero-order chi connectivity index (χ0) is 15.4. The van der Waals surface area contributed by atoms with Crippen LogP contribution in [0, 0.1) is 0 Å². The number of halogens is 2. The van der Waals surface area contributed by atoms with E-state index in [1.165, 1.54) is 13.2 Å². The van der Waals surface area contributed by atoms with Gasteiger partial charge in [-0.25, -0.2) is 4.79 Å². The molecule has 0 bridgehead atoms. The van der Waals surface area contributed by atoms with Crippen LogP contribution in [-0.4, -0.2) is 20.2 Å². The molecule has 0 aliphatic heterocycles. The molecule has 2 aromatic carbocycles. The fourth-order valence-electron chi connectivity index (χ4n) is 1.72. The van der Waals surface area contributed by atoms with Crippen LogP contribution < -0.4 is 14.2 Å². The van der Waals surface area contributed by atoms with Crippen LogP contribution in [0.15, 0.2) is 36.4 Å². The minimum absolute atomic E-state index is 0.0856. The van der Waals surface area contributed by atoms with Crippen LogP contribution in [0.25, 0.3) is 0 Å². The fraction of sp³-hybridized carbons (Fsp3) is 0.133. The molecule has 0 atom stereocenters. The highest BCUT2D eigenvalue weighted by molar-refractivity contribution is 6.37. The molecular weight excluding hydrogens is 315 g/mol. The van der Waals surface area contributed by atoms with Crippen molar-refractivity contribution >= 4 is 29.2 Å². The van der Waals surface area contributed by atoms with Gasteiger partial charge in [-0.2, -0.15) is 0 Å². The molecule has 0 heterocycles. The fourth-order valence-corrected chi connectivity index (χ4v) is 2.19. The van der Waals surface area contributed by atoms with Crippen LogP contribution in [0.2, 0.25) is 10.0 Å². The van der Waals surface area contributed by atoms with Gasteiger partial charge >= 0.3 is 5.97 Å². The molecule has 0 fully saturated rings. The molecule has 2 rings (SSSR count). The Labute approximate surface area is 132 Å². The van der Waals surface area contributed by atoms with E-state index in [0.29, 0.717) is 11.5 Å². The Morgan fingerprint density at radius 2 is 1.43 bits per heavy atom. The van der Waals surface area contributed by atoms with Crippen molar-refractivity contribution < 1.29 is 19.0 Å². The van der Waals surface area contributed by atoms with Crippen LogP contribution in [0.4, 0.5) is 0 Å².